The summed E-state index contributed by atoms with van der Waals surface area (Å²) in [4.78, 5) is 21.2. The van der Waals surface area contributed by atoms with Crippen LogP contribution < -0.4 is 0 Å². The Labute approximate surface area is 232 Å². The number of nitrogens with zero attached hydrogens (tertiary/aromatic N) is 5. The number of alkyl halides is 3. The summed E-state index contributed by atoms with van der Waals surface area (Å²) in [6, 6.07) is 12.1. The standard InChI is InChI=1S/C28H21F4N5O3S/c29-20-4-6-21(7-5-20)37-24-13-19-10-12-36(41(39,40)22-8-9-25(34-16-22)28(30,31)32)17-27(19,14-18(24)15-35-37)26(38)23-3-1-2-11-33-23/h1-9,11,13,15-16H,10,12,14,17H2. The number of benzene rings is 1. The predicted molar refractivity (Wildman–Crippen MR) is 139 cm³/mol. The van der Waals surface area contributed by atoms with Crippen molar-refractivity contribution in [3.63, 3.8) is 0 Å². The first-order chi connectivity index (χ1) is 19.5. The van der Waals surface area contributed by atoms with Crippen LogP contribution in [-0.2, 0) is 22.6 Å². The van der Waals surface area contributed by atoms with Crippen molar-refractivity contribution in [2.24, 2.45) is 5.41 Å². The van der Waals surface area contributed by atoms with Crippen LogP contribution in [0.5, 0.6) is 0 Å². The molecular weight excluding hydrogens is 562 g/mol. The van der Waals surface area contributed by atoms with Gasteiger partial charge in [0.1, 0.15) is 22.1 Å². The molecule has 1 unspecified atom stereocenters. The summed E-state index contributed by atoms with van der Waals surface area (Å²) in [5.74, 6) is -0.778. The Morgan fingerprint density at radius 3 is 2.41 bits per heavy atom. The largest absolute Gasteiger partial charge is 0.433 e. The molecule has 1 fully saturated rings. The summed E-state index contributed by atoms with van der Waals surface area (Å²) < 4.78 is 82.5. The van der Waals surface area contributed by atoms with E-state index in [0.29, 0.717) is 34.8 Å². The molecule has 6 rings (SSSR count). The van der Waals surface area contributed by atoms with Gasteiger partial charge in [0.15, 0.2) is 5.78 Å². The van der Waals surface area contributed by atoms with E-state index in [1.54, 1.807) is 41.2 Å². The van der Waals surface area contributed by atoms with Crippen molar-refractivity contribution in [2.45, 2.75) is 23.9 Å². The number of aromatic nitrogens is 4. The van der Waals surface area contributed by atoms with Gasteiger partial charge in [0.25, 0.3) is 0 Å². The number of rotatable bonds is 5. The van der Waals surface area contributed by atoms with Crippen LogP contribution in [0.15, 0.2) is 83.7 Å². The number of halogens is 4. The fourth-order valence-electron chi connectivity index (χ4n) is 5.40. The molecule has 0 saturated carbocycles. The minimum atomic E-state index is -4.72. The SMILES string of the molecule is O=C(c1ccccn1)C12Cc3cnn(-c4ccc(F)cc4)c3C=C1CCN(S(=O)(=O)c1ccc(C(F)(F)F)nc1)C2. The molecule has 0 N–H and O–H groups in total. The number of pyridine rings is 2. The number of ketones is 1. The number of carbonyl (C=O) groups excluding carboxylic acids is 1. The fourth-order valence-corrected chi connectivity index (χ4v) is 6.85. The molecule has 1 aliphatic carbocycles. The Balaban J connectivity index is 1.41. The average molecular weight is 584 g/mol. The van der Waals surface area contributed by atoms with Gasteiger partial charge in [0, 0.05) is 25.5 Å². The zero-order valence-corrected chi connectivity index (χ0v) is 22.0. The highest BCUT2D eigenvalue weighted by Crippen LogP contribution is 2.47. The summed E-state index contributed by atoms with van der Waals surface area (Å²) in [6.45, 7) is -0.259. The second-order valence-corrected chi connectivity index (χ2v) is 11.8. The summed E-state index contributed by atoms with van der Waals surface area (Å²) in [6.07, 6.45) is 1.14. The number of Topliss-reactive ketones (excluding diaryl/α,β-unsaturated/α-hetero) is 1. The van der Waals surface area contributed by atoms with Crippen molar-refractivity contribution < 1.29 is 30.8 Å². The third kappa shape index (κ3) is 4.64. The molecule has 0 amide bonds. The van der Waals surface area contributed by atoms with E-state index in [1.807, 2.05) is 6.08 Å². The quantitative estimate of drug-likeness (QED) is 0.249. The lowest BCUT2D eigenvalue weighted by Crippen LogP contribution is -2.53. The van der Waals surface area contributed by atoms with E-state index < -0.39 is 38.0 Å². The smallest absolute Gasteiger partial charge is 0.291 e. The topological polar surface area (TPSA) is 98.0 Å². The minimum absolute atomic E-state index is 0.00748. The van der Waals surface area contributed by atoms with E-state index >= 15 is 0 Å². The van der Waals surface area contributed by atoms with E-state index in [-0.39, 0.29) is 37.4 Å². The van der Waals surface area contributed by atoms with Crippen LogP contribution in [-0.4, -0.2) is 51.3 Å². The van der Waals surface area contributed by atoms with E-state index in [1.165, 1.54) is 18.3 Å². The zero-order chi connectivity index (χ0) is 29.0. The van der Waals surface area contributed by atoms with Crippen LogP contribution >= 0.6 is 0 Å². The molecule has 3 aromatic heterocycles. The van der Waals surface area contributed by atoms with Crippen molar-refractivity contribution in [1.29, 1.82) is 0 Å². The van der Waals surface area contributed by atoms with E-state index in [0.717, 1.165) is 10.4 Å². The van der Waals surface area contributed by atoms with Gasteiger partial charge >= 0.3 is 6.18 Å². The van der Waals surface area contributed by atoms with E-state index in [9.17, 15) is 30.8 Å². The Morgan fingerprint density at radius 2 is 1.76 bits per heavy atom. The molecule has 4 aromatic rings. The second kappa shape index (κ2) is 9.70. The van der Waals surface area contributed by atoms with Gasteiger partial charge in [-0.15, -0.1) is 0 Å². The van der Waals surface area contributed by atoms with Crippen LogP contribution in [0.4, 0.5) is 17.6 Å². The van der Waals surface area contributed by atoms with Gasteiger partial charge in [-0.3, -0.25) is 14.8 Å². The van der Waals surface area contributed by atoms with Crippen molar-refractivity contribution in [3.8, 4) is 5.69 Å². The molecule has 4 heterocycles. The highest BCUT2D eigenvalue weighted by atomic mass is 32.2. The summed E-state index contributed by atoms with van der Waals surface area (Å²) in [5.41, 5.74) is 0.285. The molecule has 1 saturated heterocycles. The number of fused-ring (bicyclic) bond motifs is 2. The van der Waals surface area contributed by atoms with Crippen LogP contribution in [0.2, 0.25) is 0 Å². The second-order valence-electron chi connectivity index (χ2n) is 9.88. The number of hydrogen-bond acceptors (Lipinski definition) is 6. The average Bonchev–Trinajstić information content (AvgIpc) is 3.37. The Hall–Kier alpha value is -4.23. The predicted octanol–water partition coefficient (Wildman–Crippen LogP) is 4.72. The summed E-state index contributed by atoms with van der Waals surface area (Å²) in [7, 11) is -4.30. The molecule has 2 aliphatic rings. The van der Waals surface area contributed by atoms with Crippen molar-refractivity contribution >= 4 is 21.9 Å². The van der Waals surface area contributed by atoms with Crippen molar-refractivity contribution in [1.82, 2.24) is 24.1 Å². The number of carbonyl (C=O) groups is 1. The van der Waals surface area contributed by atoms with Gasteiger partial charge in [-0.25, -0.2) is 17.5 Å². The van der Waals surface area contributed by atoms with E-state index in [2.05, 4.69) is 15.1 Å². The summed E-state index contributed by atoms with van der Waals surface area (Å²) in [5, 5.41) is 4.45. The summed E-state index contributed by atoms with van der Waals surface area (Å²) >= 11 is 0. The van der Waals surface area contributed by atoms with Crippen molar-refractivity contribution in [2.75, 3.05) is 13.1 Å². The molecule has 210 valence electrons. The lowest BCUT2D eigenvalue weighted by Gasteiger charge is -2.44. The van der Waals surface area contributed by atoms with E-state index in [4.69, 9.17) is 0 Å². The van der Waals surface area contributed by atoms with Crippen LogP contribution in [0.3, 0.4) is 0 Å². The zero-order valence-electron chi connectivity index (χ0n) is 21.2. The first-order valence-corrected chi connectivity index (χ1v) is 14.0. The van der Waals surface area contributed by atoms with Crippen LogP contribution in [0.25, 0.3) is 11.8 Å². The molecular formula is C28H21F4N5O3S. The molecule has 1 atom stereocenters. The first-order valence-electron chi connectivity index (χ1n) is 12.5. The van der Waals surface area contributed by atoms with Crippen LogP contribution in [0, 0.1) is 11.2 Å². The molecule has 1 aromatic carbocycles. The van der Waals surface area contributed by atoms with Gasteiger partial charge in [-0.05, 0) is 73.0 Å². The first kappa shape index (κ1) is 27.0. The maximum atomic E-state index is 14.1. The number of sulfonamides is 1. The van der Waals surface area contributed by atoms with Gasteiger partial charge in [-0.1, -0.05) is 11.6 Å². The molecule has 1 aliphatic heterocycles. The maximum absolute atomic E-state index is 14.1. The minimum Gasteiger partial charge on any atom is -0.291 e. The normalized spacial score (nSPS) is 19.3. The van der Waals surface area contributed by atoms with Gasteiger partial charge < -0.3 is 0 Å². The molecule has 8 nitrogen and oxygen atoms in total. The highest BCUT2D eigenvalue weighted by Gasteiger charge is 2.51. The molecule has 0 spiro atoms. The monoisotopic (exact) mass is 583 g/mol. The Morgan fingerprint density at radius 1 is 0.976 bits per heavy atom. The highest BCUT2D eigenvalue weighted by molar-refractivity contribution is 7.89. The van der Waals surface area contributed by atoms with Gasteiger partial charge in [-0.2, -0.15) is 22.6 Å². The third-order valence-electron chi connectivity index (χ3n) is 7.45. The Bertz CT molecular complexity index is 1770. The molecule has 41 heavy (non-hydrogen) atoms. The third-order valence-corrected chi connectivity index (χ3v) is 9.28. The molecule has 0 radical (unpaired) electrons. The maximum Gasteiger partial charge on any atom is 0.433 e. The van der Waals surface area contributed by atoms with Gasteiger partial charge in [0.2, 0.25) is 10.0 Å². The molecule has 0 bridgehead atoms. The number of hydrogen-bond donors (Lipinski definition) is 0. The number of piperidine rings is 1. The van der Waals surface area contributed by atoms with Gasteiger partial charge in [0.05, 0.1) is 23.0 Å². The lowest BCUT2D eigenvalue weighted by atomic mass is 9.65. The Kier molecular flexibility index (Phi) is 6.38. The van der Waals surface area contributed by atoms with Crippen LogP contribution in [0.1, 0.15) is 33.9 Å². The fraction of sp³-hybridized carbons (Fsp3) is 0.214. The molecule has 13 heteroatoms. The van der Waals surface area contributed by atoms with Crippen molar-refractivity contribution in [3.05, 3.63) is 107 Å². The lowest BCUT2D eigenvalue weighted by molar-refractivity contribution is -0.141.